The Bertz CT molecular complexity index is 295. The summed E-state index contributed by atoms with van der Waals surface area (Å²) in [6.07, 6.45) is 2.69. The third-order valence-electron chi connectivity index (χ3n) is 2.32. The van der Waals surface area contributed by atoms with Crippen molar-refractivity contribution < 1.29 is 4.79 Å². The first-order valence-corrected chi connectivity index (χ1v) is 5.54. The van der Waals surface area contributed by atoms with Crippen molar-refractivity contribution >= 4 is 29.2 Å². The van der Waals surface area contributed by atoms with Gasteiger partial charge in [-0.05, 0) is 29.9 Å². The van der Waals surface area contributed by atoms with Crippen LogP contribution in [0.3, 0.4) is 0 Å². The SMILES string of the molecule is CCC(C)(C=O)Cc1csc(Cl)c1. The number of carbonyl (C=O) groups excluding carboxylic acids is 1. The van der Waals surface area contributed by atoms with E-state index in [0.29, 0.717) is 0 Å². The van der Waals surface area contributed by atoms with Crippen LogP contribution in [-0.2, 0) is 11.2 Å². The standard InChI is InChI=1S/C10H13ClOS/c1-3-10(2,7-12)5-8-4-9(11)13-6-8/h4,6-7H,3,5H2,1-2H3. The minimum Gasteiger partial charge on any atom is -0.303 e. The Kier molecular flexibility index (Phi) is 3.51. The lowest BCUT2D eigenvalue weighted by Crippen LogP contribution is -2.19. The molecule has 0 saturated carbocycles. The van der Waals surface area contributed by atoms with E-state index in [1.54, 1.807) is 0 Å². The van der Waals surface area contributed by atoms with Crippen LogP contribution >= 0.6 is 22.9 Å². The Hall–Kier alpha value is -0.340. The maximum atomic E-state index is 10.8. The molecule has 0 fully saturated rings. The molecule has 0 amide bonds. The summed E-state index contributed by atoms with van der Waals surface area (Å²) in [6, 6.07) is 1.93. The highest BCUT2D eigenvalue weighted by atomic mass is 35.5. The number of carbonyl (C=O) groups is 1. The van der Waals surface area contributed by atoms with Crippen LogP contribution < -0.4 is 0 Å². The van der Waals surface area contributed by atoms with E-state index in [4.69, 9.17) is 11.6 Å². The molecule has 0 aliphatic heterocycles. The molecule has 1 atom stereocenters. The van der Waals surface area contributed by atoms with Gasteiger partial charge in [-0.15, -0.1) is 11.3 Å². The molecule has 0 aliphatic carbocycles. The summed E-state index contributed by atoms with van der Waals surface area (Å²) < 4.78 is 0.791. The molecule has 1 aromatic rings. The maximum absolute atomic E-state index is 10.8. The topological polar surface area (TPSA) is 17.1 Å². The van der Waals surface area contributed by atoms with Crippen molar-refractivity contribution in [2.24, 2.45) is 5.41 Å². The van der Waals surface area contributed by atoms with Crippen molar-refractivity contribution in [3.05, 3.63) is 21.3 Å². The fourth-order valence-corrected chi connectivity index (χ4v) is 2.06. The average Bonchev–Trinajstić information content (AvgIpc) is 2.51. The summed E-state index contributed by atoms with van der Waals surface area (Å²) in [5.74, 6) is 0. The van der Waals surface area contributed by atoms with Crippen LogP contribution in [0.25, 0.3) is 0 Å². The molecule has 0 aliphatic rings. The van der Waals surface area contributed by atoms with Crippen LogP contribution in [0.4, 0.5) is 0 Å². The normalized spacial score (nSPS) is 15.3. The summed E-state index contributed by atoms with van der Waals surface area (Å²) >= 11 is 7.32. The Balaban J connectivity index is 2.72. The van der Waals surface area contributed by atoms with Crippen molar-refractivity contribution in [2.75, 3.05) is 0 Å². The van der Waals surface area contributed by atoms with E-state index in [-0.39, 0.29) is 5.41 Å². The van der Waals surface area contributed by atoms with Crippen LogP contribution in [0.15, 0.2) is 11.4 Å². The highest BCUT2D eigenvalue weighted by molar-refractivity contribution is 7.14. The molecule has 1 nitrogen and oxygen atoms in total. The molecule has 0 N–H and O–H groups in total. The third-order valence-corrected chi connectivity index (χ3v) is 3.46. The molecule has 1 aromatic heterocycles. The zero-order valence-corrected chi connectivity index (χ0v) is 9.41. The molecule has 1 heterocycles. The van der Waals surface area contributed by atoms with Crippen LogP contribution in [0.5, 0.6) is 0 Å². The van der Waals surface area contributed by atoms with E-state index in [2.05, 4.69) is 0 Å². The minimum atomic E-state index is -0.232. The van der Waals surface area contributed by atoms with Crippen molar-refractivity contribution in [3.63, 3.8) is 0 Å². The summed E-state index contributed by atoms with van der Waals surface area (Å²) in [5.41, 5.74) is 0.927. The lowest BCUT2D eigenvalue weighted by atomic mass is 9.83. The molecule has 0 bridgehead atoms. The second-order valence-corrected chi connectivity index (χ2v) is 5.10. The first kappa shape index (κ1) is 10.7. The minimum absolute atomic E-state index is 0.232. The molecule has 1 unspecified atom stereocenters. The van der Waals surface area contributed by atoms with Crippen molar-refractivity contribution in [1.82, 2.24) is 0 Å². The van der Waals surface area contributed by atoms with Gasteiger partial charge in [0.15, 0.2) is 0 Å². The van der Waals surface area contributed by atoms with Gasteiger partial charge in [-0.2, -0.15) is 0 Å². The van der Waals surface area contributed by atoms with Gasteiger partial charge in [0.25, 0.3) is 0 Å². The van der Waals surface area contributed by atoms with E-state index in [1.165, 1.54) is 11.3 Å². The molecule has 0 aromatic carbocycles. The van der Waals surface area contributed by atoms with E-state index in [0.717, 1.165) is 29.0 Å². The van der Waals surface area contributed by atoms with Crippen molar-refractivity contribution in [1.29, 1.82) is 0 Å². The predicted molar refractivity (Wildman–Crippen MR) is 57.5 cm³/mol. The molecule has 0 radical (unpaired) electrons. The number of rotatable bonds is 4. The summed E-state index contributed by atoms with van der Waals surface area (Å²) in [7, 11) is 0. The summed E-state index contributed by atoms with van der Waals surface area (Å²) in [5, 5.41) is 2.01. The predicted octanol–water partition coefficient (Wildman–Crippen LogP) is 3.56. The Morgan fingerprint density at radius 2 is 2.38 bits per heavy atom. The van der Waals surface area contributed by atoms with Gasteiger partial charge in [-0.3, -0.25) is 0 Å². The lowest BCUT2D eigenvalue weighted by molar-refractivity contribution is -0.115. The molecular formula is C10H13ClOS. The maximum Gasteiger partial charge on any atom is 0.126 e. The molecule has 13 heavy (non-hydrogen) atoms. The Morgan fingerprint density at radius 3 is 2.77 bits per heavy atom. The van der Waals surface area contributed by atoms with E-state index in [1.807, 2.05) is 25.3 Å². The Morgan fingerprint density at radius 1 is 1.69 bits per heavy atom. The van der Waals surface area contributed by atoms with Gasteiger partial charge in [0.05, 0.1) is 4.34 Å². The summed E-state index contributed by atoms with van der Waals surface area (Å²) in [4.78, 5) is 10.8. The first-order chi connectivity index (χ1) is 6.09. The fraction of sp³-hybridized carbons (Fsp3) is 0.500. The molecular weight excluding hydrogens is 204 g/mol. The number of hydrogen-bond acceptors (Lipinski definition) is 2. The molecule has 0 saturated heterocycles. The van der Waals surface area contributed by atoms with Crippen molar-refractivity contribution in [2.45, 2.75) is 26.7 Å². The van der Waals surface area contributed by atoms with Gasteiger partial charge >= 0.3 is 0 Å². The van der Waals surface area contributed by atoms with Crippen LogP contribution in [0, 0.1) is 5.41 Å². The summed E-state index contributed by atoms with van der Waals surface area (Å²) in [6.45, 7) is 4.01. The molecule has 3 heteroatoms. The van der Waals surface area contributed by atoms with Gasteiger partial charge in [-0.1, -0.05) is 25.4 Å². The van der Waals surface area contributed by atoms with Crippen LogP contribution in [-0.4, -0.2) is 6.29 Å². The first-order valence-electron chi connectivity index (χ1n) is 4.29. The zero-order chi connectivity index (χ0) is 9.90. The highest BCUT2D eigenvalue weighted by Gasteiger charge is 2.21. The number of halogens is 1. The van der Waals surface area contributed by atoms with Gasteiger partial charge in [0.2, 0.25) is 0 Å². The highest BCUT2D eigenvalue weighted by Crippen LogP contribution is 2.28. The lowest BCUT2D eigenvalue weighted by Gasteiger charge is -2.19. The van der Waals surface area contributed by atoms with Gasteiger partial charge < -0.3 is 4.79 Å². The number of thiophene rings is 1. The largest absolute Gasteiger partial charge is 0.303 e. The zero-order valence-electron chi connectivity index (χ0n) is 7.84. The van der Waals surface area contributed by atoms with Crippen LogP contribution in [0.1, 0.15) is 25.8 Å². The smallest absolute Gasteiger partial charge is 0.126 e. The Labute approximate surface area is 87.7 Å². The van der Waals surface area contributed by atoms with E-state index >= 15 is 0 Å². The monoisotopic (exact) mass is 216 g/mol. The van der Waals surface area contributed by atoms with Crippen molar-refractivity contribution in [3.8, 4) is 0 Å². The number of hydrogen-bond donors (Lipinski definition) is 0. The average molecular weight is 217 g/mol. The fourth-order valence-electron chi connectivity index (χ4n) is 1.15. The third kappa shape index (κ3) is 2.82. The van der Waals surface area contributed by atoms with Gasteiger partial charge in [0, 0.05) is 5.41 Å². The van der Waals surface area contributed by atoms with Gasteiger partial charge in [0.1, 0.15) is 6.29 Å². The van der Waals surface area contributed by atoms with E-state index in [9.17, 15) is 4.79 Å². The molecule has 0 spiro atoms. The van der Waals surface area contributed by atoms with E-state index < -0.39 is 0 Å². The second-order valence-electron chi connectivity index (χ2n) is 3.56. The molecule has 72 valence electrons. The second kappa shape index (κ2) is 4.25. The number of aldehydes is 1. The molecule has 1 rings (SSSR count). The van der Waals surface area contributed by atoms with Gasteiger partial charge in [-0.25, -0.2) is 0 Å². The quantitative estimate of drug-likeness (QED) is 0.704. The van der Waals surface area contributed by atoms with Crippen LogP contribution in [0.2, 0.25) is 4.34 Å².